The number of hydrogen-bond donors (Lipinski definition) is 0. The van der Waals surface area contributed by atoms with Gasteiger partial charge in [0.05, 0.1) is 27.1 Å². The van der Waals surface area contributed by atoms with Crippen molar-refractivity contribution in [2.75, 3.05) is 39.3 Å². The molecule has 2 aromatic rings. The zero-order valence-corrected chi connectivity index (χ0v) is 20.0. The standard InChI is InChI=1S/C24H27ClN4O3S/c25-23-9-8-21(33(31,32)29-10-2-1-3-11-29)16-22(23)24(30)28-14-12-27(13-15-28)18-20-6-4-19(17-26)5-7-20/h4-9,16H,1-3,10-15,18H2. The molecule has 0 bridgehead atoms. The van der Waals surface area contributed by atoms with Crippen molar-refractivity contribution >= 4 is 27.5 Å². The molecule has 0 aliphatic carbocycles. The van der Waals surface area contributed by atoms with Crippen LogP contribution in [0.1, 0.15) is 40.7 Å². The molecule has 0 aromatic heterocycles. The fourth-order valence-corrected chi connectivity index (χ4v) is 6.05. The Morgan fingerprint density at radius 1 is 0.939 bits per heavy atom. The summed E-state index contributed by atoms with van der Waals surface area (Å²) in [7, 11) is -3.64. The maximum absolute atomic E-state index is 13.2. The molecule has 2 heterocycles. The van der Waals surface area contributed by atoms with Crippen LogP contribution in [-0.2, 0) is 16.6 Å². The number of piperidine rings is 1. The molecule has 2 aromatic carbocycles. The first-order chi connectivity index (χ1) is 15.9. The van der Waals surface area contributed by atoms with E-state index >= 15 is 0 Å². The smallest absolute Gasteiger partial charge is 0.255 e. The quantitative estimate of drug-likeness (QED) is 0.647. The maximum atomic E-state index is 13.2. The number of nitrogens with zero attached hydrogens (tertiary/aromatic N) is 4. The minimum atomic E-state index is -3.64. The number of benzene rings is 2. The molecule has 2 saturated heterocycles. The Hall–Kier alpha value is -2.44. The molecule has 0 atom stereocenters. The van der Waals surface area contributed by atoms with Gasteiger partial charge in [0.1, 0.15) is 0 Å². The van der Waals surface area contributed by atoms with Crippen LogP contribution in [0.4, 0.5) is 0 Å². The Labute approximate surface area is 200 Å². The van der Waals surface area contributed by atoms with Crippen LogP contribution in [0.5, 0.6) is 0 Å². The van der Waals surface area contributed by atoms with E-state index in [0.29, 0.717) is 44.8 Å². The highest BCUT2D eigenvalue weighted by atomic mass is 35.5. The van der Waals surface area contributed by atoms with Gasteiger partial charge in [-0.05, 0) is 48.7 Å². The van der Waals surface area contributed by atoms with Crippen LogP contribution < -0.4 is 0 Å². The van der Waals surface area contributed by atoms with E-state index in [0.717, 1.165) is 31.4 Å². The third-order valence-corrected chi connectivity index (χ3v) is 8.49. The number of piperazine rings is 1. The van der Waals surface area contributed by atoms with Gasteiger partial charge in [-0.3, -0.25) is 9.69 Å². The summed E-state index contributed by atoms with van der Waals surface area (Å²) in [6.07, 6.45) is 2.74. The Morgan fingerprint density at radius 3 is 2.24 bits per heavy atom. The normalized spacial score (nSPS) is 18.1. The van der Waals surface area contributed by atoms with Gasteiger partial charge in [0.25, 0.3) is 5.91 Å². The summed E-state index contributed by atoms with van der Waals surface area (Å²) in [6.45, 7) is 4.25. The minimum absolute atomic E-state index is 0.122. The van der Waals surface area contributed by atoms with Crippen LogP contribution in [0.3, 0.4) is 0 Å². The molecular formula is C24H27ClN4O3S. The van der Waals surface area contributed by atoms with Crippen LogP contribution in [0.15, 0.2) is 47.4 Å². The Bertz CT molecular complexity index is 1150. The summed E-state index contributed by atoms with van der Waals surface area (Å²) >= 11 is 6.32. The molecular weight excluding hydrogens is 460 g/mol. The Balaban J connectivity index is 1.42. The van der Waals surface area contributed by atoms with Gasteiger partial charge in [-0.15, -0.1) is 0 Å². The van der Waals surface area contributed by atoms with Crippen LogP contribution in [0.2, 0.25) is 5.02 Å². The fraction of sp³-hybridized carbons (Fsp3) is 0.417. The summed E-state index contributed by atoms with van der Waals surface area (Å²) < 4.78 is 27.6. The lowest BCUT2D eigenvalue weighted by atomic mass is 10.1. The van der Waals surface area contributed by atoms with Crippen molar-refractivity contribution in [1.82, 2.24) is 14.1 Å². The van der Waals surface area contributed by atoms with E-state index in [2.05, 4.69) is 11.0 Å². The van der Waals surface area contributed by atoms with Crippen LogP contribution in [0, 0.1) is 11.3 Å². The molecule has 33 heavy (non-hydrogen) atoms. The number of rotatable bonds is 5. The van der Waals surface area contributed by atoms with E-state index in [1.807, 2.05) is 24.3 Å². The predicted molar refractivity (Wildman–Crippen MR) is 126 cm³/mol. The number of sulfonamides is 1. The lowest BCUT2D eigenvalue weighted by Gasteiger charge is -2.35. The molecule has 0 radical (unpaired) electrons. The minimum Gasteiger partial charge on any atom is -0.336 e. The topological polar surface area (TPSA) is 84.7 Å². The lowest BCUT2D eigenvalue weighted by Crippen LogP contribution is -2.48. The van der Waals surface area contributed by atoms with Gasteiger partial charge in [0.2, 0.25) is 10.0 Å². The largest absolute Gasteiger partial charge is 0.336 e. The SMILES string of the molecule is N#Cc1ccc(CN2CCN(C(=O)c3cc(S(=O)(=O)N4CCCCC4)ccc3Cl)CC2)cc1. The van der Waals surface area contributed by atoms with Crippen molar-refractivity contribution in [1.29, 1.82) is 5.26 Å². The molecule has 2 aliphatic heterocycles. The van der Waals surface area contributed by atoms with E-state index in [-0.39, 0.29) is 21.4 Å². The third-order valence-electron chi connectivity index (χ3n) is 6.27. The highest BCUT2D eigenvalue weighted by molar-refractivity contribution is 7.89. The molecule has 4 rings (SSSR count). The first-order valence-corrected chi connectivity index (χ1v) is 13.0. The van der Waals surface area contributed by atoms with Gasteiger partial charge in [-0.25, -0.2) is 8.42 Å². The van der Waals surface area contributed by atoms with Crippen molar-refractivity contribution < 1.29 is 13.2 Å². The van der Waals surface area contributed by atoms with E-state index in [4.69, 9.17) is 16.9 Å². The average molecular weight is 487 g/mol. The zero-order chi connectivity index (χ0) is 23.4. The Kier molecular flexibility index (Phi) is 7.35. The Morgan fingerprint density at radius 2 is 1.61 bits per heavy atom. The van der Waals surface area contributed by atoms with Crippen molar-refractivity contribution in [3.8, 4) is 6.07 Å². The first-order valence-electron chi connectivity index (χ1n) is 11.2. The van der Waals surface area contributed by atoms with Crippen LogP contribution in [-0.4, -0.2) is 67.7 Å². The van der Waals surface area contributed by atoms with Crippen LogP contribution >= 0.6 is 11.6 Å². The summed E-state index contributed by atoms with van der Waals surface area (Å²) in [5, 5.41) is 9.19. The summed E-state index contributed by atoms with van der Waals surface area (Å²) in [5.74, 6) is -0.242. The number of amides is 1. The van der Waals surface area contributed by atoms with Gasteiger partial charge in [-0.1, -0.05) is 30.2 Å². The molecule has 7 nitrogen and oxygen atoms in total. The monoisotopic (exact) mass is 486 g/mol. The van der Waals surface area contributed by atoms with Gasteiger partial charge in [-0.2, -0.15) is 9.57 Å². The summed E-state index contributed by atoms with van der Waals surface area (Å²) in [6, 6.07) is 14.1. The second-order valence-corrected chi connectivity index (χ2v) is 10.8. The molecule has 0 unspecified atom stereocenters. The lowest BCUT2D eigenvalue weighted by molar-refractivity contribution is 0.0628. The average Bonchev–Trinajstić information content (AvgIpc) is 2.85. The number of carbonyl (C=O) groups excluding carboxylic acids is 1. The van der Waals surface area contributed by atoms with Crippen molar-refractivity contribution in [3.05, 3.63) is 64.2 Å². The zero-order valence-electron chi connectivity index (χ0n) is 18.4. The number of carbonyl (C=O) groups is 1. The summed E-state index contributed by atoms with van der Waals surface area (Å²) in [5.41, 5.74) is 1.98. The number of halogens is 1. The molecule has 2 aliphatic rings. The van der Waals surface area contributed by atoms with Crippen molar-refractivity contribution in [3.63, 3.8) is 0 Å². The molecule has 1 amide bonds. The molecule has 0 spiro atoms. The van der Waals surface area contributed by atoms with E-state index in [1.165, 1.54) is 22.5 Å². The molecule has 0 N–H and O–H groups in total. The van der Waals surface area contributed by atoms with Gasteiger partial charge < -0.3 is 4.90 Å². The van der Waals surface area contributed by atoms with Gasteiger partial charge in [0, 0.05) is 45.8 Å². The van der Waals surface area contributed by atoms with E-state index < -0.39 is 10.0 Å². The van der Waals surface area contributed by atoms with Crippen molar-refractivity contribution in [2.24, 2.45) is 0 Å². The predicted octanol–water partition coefficient (Wildman–Crippen LogP) is 3.34. The highest BCUT2D eigenvalue weighted by Crippen LogP contribution is 2.26. The second-order valence-electron chi connectivity index (χ2n) is 8.48. The number of hydrogen-bond acceptors (Lipinski definition) is 5. The molecule has 0 saturated carbocycles. The molecule has 2 fully saturated rings. The third kappa shape index (κ3) is 5.39. The fourth-order valence-electron chi connectivity index (χ4n) is 4.31. The summed E-state index contributed by atoms with van der Waals surface area (Å²) in [4.78, 5) is 17.3. The van der Waals surface area contributed by atoms with Gasteiger partial charge in [0.15, 0.2) is 0 Å². The maximum Gasteiger partial charge on any atom is 0.255 e. The van der Waals surface area contributed by atoms with Gasteiger partial charge >= 0.3 is 0 Å². The second kappa shape index (κ2) is 10.2. The van der Waals surface area contributed by atoms with Crippen LogP contribution in [0.25, 0.3) is 0 Å². The van der Waals surface area contributed by atoms with E-state index in [1.54, 1.807) is 4.90 Å². The van der Waals surface area contributed by atoms with Crippen molar-refractivity contribution in [2.45, 2.75) is 30.7 Å². The molecule has 9 heteroatoms. The first kappa shape index (κ1) is 23.7. The molecule has 174 valence electrons. The highest BCUT2D eigenvalue weighted by Gasteiger charge is 2.29. The van der Waals surface area contributed by atoms with E-state index in [9.17, 15) is 13.2 Å². The number of nitriles is 1.